The van der Waals surface area contributed by atoms with Crippen molar-refractivity contribution in [1.82, 2.24) is 5.48 Å². The maximum Gasteiger partial charge on any atom is 0.0705 e. The Bertz CT molecular complexity index is 274. The maximum atomic E-state index is 5.77. The first-order valence-corrected chi connectivity index (χ1v) is 4.88. The second kappa shape index (κ2) is 5.62. The van der Waals surface area contributed by atoms with E-state index >= 15 is 0 Å². The summed E-state index contributed by atoms with van der Waals surface area (Å²) in [4.78, 5) is 5.25. The van der Waals surface area contributed by atoms with Crippen molar-refractivity contribution in [3.05, 3.63) is 29.8 Å². The van der Waals surface area contributed by atoms with Crippen LogP contribution in [0.15, 0.2) is 24.3 Å². The zero-order chi connectivity index (χ0) is 10.4. The number of benzene rings is 1. The summed E-state index contributed by atoms with van der Waals surface area (Å²) in [5.74, 6) is 0.538. The Kier molecular flexibility index (Phi) is 4.43. The Morgan fingerprint density at radius 1 is 1.36 bits per heavy atom. The Morgan fingerprint density at radius 2 is 2.07 bits per heavy atom. The molecule has 3 nitrogen and oxygen atoms in total. The molecule has 0 heterocycles. The molecule has 78 valence electrons. The van der Waals surface area contributed by atoms with Crippen LogP contribution in [-0.4, -0.2) is 6.61 Å². The van der Waals surface area contributed by atoms with E-state index < -0.39 is 0 Å². The summed E-state index contributed by atoms with van der Waals surface area (Å²) in [6, 6.07) is 7.77. The summed E-state index contributed by atoms with van der Waals surface area (Å²) >= 11 is 0. The molecule has 1 aromatic carbocycles. The zero-order valence-corrected chi connectivity index (χ0v) is 8.79. The van der Waals surface area contributed by atoms with Crippen LogP contribution in [-0.2, 0) is 11.4 Å². The van der Waals surface area contributed by atoms with Crippen molar-refractivity contribution in [2.24, 2.45) is 5.92 Å². The first kappa shape index (κ1) is 11.0. The first-order chi connectivity index (χ1) is 6.70. The molecule has 0 bridgehead atoms. The number of anilines is 1. The second-order valence-corrected chi connectivity index (χ2v) is 3.72. The molecule has 3 heteroatoms. The largest absolute Gasteiger partial charge is 0.398 e. The van der Waals surface area contributed by atoms with E-state index in [1.54, 1.807) is 0 Å². The number of para-hydroxylation sites is 1. The number of nitrogens with one attached hydrogen (secondary N) is 1. The molecule has 0 atom stereocenters. The Labute approximate surface area is 85.2 Å². The minimum absolute atomic E-state index is 0.538. The molecule has 14 heavy (non-hydrogen) atoms. The molecule has 0 saturated heterocycles. The lowest BCUT2D eigenvalue weighted by Crippen LogP contribution is -2.18. The van der Waals surface area contributed by atoms with Crippen molar-refractivity contribution >= 4 is 5.69 Å². The van der Waals surface area contributed by atoms with Gasteiger partial charge in [0.1, 0.15) is 0 Å². The number of nitrogen functional groups attached to an aromatic ring is 1. The predicted molar refractivity (Wildman–Crippen MR) is 58.5 cm³/mol. The van der Waals surface area contributed by atoms with Gasteiger partial charge < -0.3 is 10.6 Å². The van der Waals surface area contributed by atoms with Crippen LogP contribution in [0.4, 0.5) is 5.69 Å². The molecule has 0 fully saturated rings. The van der Waals surface area contributed by atoms with Crippen LogP contribution in [0.3, 0.4) is 0 Å². The van der Waals surface area contributed by atoms with E-state index in [1.807, 2.05) is 24.3 Å². The Morgan fingerprint density at radius 3 is 2.71 bits per heavy atom. The molecule has 1 rings (SSSR count). The quantitative estimate of drug-likeness (QED) is 0.428. The van der Waals surface area contributed by atoms with Gasteiger partial charge in [-0.15, -0.1) is 0 Å². The Hall–Kier alpha value is -1.06. The lowest BCUT2D eigenvalue weighted by atomic mass is 10.2. The number of hydroxylamine groups is 1. The molecule has 0 aliphatic rings. The van der Waals surface area contributed by atoms with Gasteiger partial charge in [-0.05, 0) is 17.5 Å². The highest BCUT2D eigenvalue weighted by Crippen LogP contribution is 2.09. The monoisotopic (exact) mass is 194 g/mol. The molecule has 0 radical (unpaired) electrons. The zero-order valence-electron chi connectivity index (χ0n) is 8.79. The van der Waals surface area contributed by atoms with Gasteiger partial charge in [0.25, 0.3) is 0 Å². The Balaban J connectivity index is 2.28. The number of hydrogen-bond donors (Lipinski definition) is 2. The van der Waals surface area contributed by atoms with Crippen molar-refractivity contribution in [3.8, 4) is 0 Å². The topological polar surface area (TPSA) is 47.3 Å². The third-order valence-corrected chi connectivity index (χ3v) is 1.84. The molecule has 1 aromatic rings. The molecule has 0 aliphatic carbocycles. The molecule has 3 N–H and O–H groups in total. The van der Waals surface area contributed by atoms with Gasteiger partial charge in [-0.3, -0.25) is 0 Å². The third kappa shape index (κ3) is 3.77. The van der Waals surface area contributed by atoms with E-state index in [4.69, 9.17) is 10.6 Å². The second-order valence-electron chi connectivity index (χ2n) is 3.72. The van der Waals surface area contributed by atoms with Gasteiger partial charge in [-0.1, -0.05) is 32.0 Å². The third-order valence-electron chi connectivity index (χ3n) is 1.84. The average Bonchev–Trinajstić information content (AvgIpc) is 2.15. The van der Waals surface area contributed by atoms with Crippen molar-refractivity contribution < 1.29 is 4.84 Å². The highest BCUT2D eigenvalue weighted by molar-refractivity contribution is 5.45. The van der Waals surface area contributed by atoms with Gasteiger partial charge in [-0.25, -0.2) is 0 Å². The standard InChI is InChI=1S/C11H18N2O/c1-9(2)8-14-13-7-10-5-3-4-6-11(10)12/h3-6,9,13H,7-8,12H2,1-2H3. The van der Waals surface area contributed by atoms with E-state index in [9.17, 15) is 0 Å². The van der Waals surface area contributed by atoms with E-state index in [1.165, 1.54) is 0 Å². The molecule has 0 spiro atoms. The molecule has 0 aliphatic heterocycles. The number of hydrogen-bond acceptors (Lipinski definition) is 3. The highest BCUT2D eigenvalue weighted by Gasteiger charge is 1.97. The van der Waals surface area contributed by atoms with Gasteiger partial charge in [0, 0.05) is 12.2 Å². The molecule has 0 amide bonds. The lowest BCUT2D eigenvalue weighted by Gasteiger charge is -2.09. The van der Waals surface area contributed by atoms with Gasteiger partial charge >= 0.3 is 0 Å². The van der Waals surface area contributed by atoms with Crippen LogP contribution in [0.25, 0.3) is 0 Å². The fraction of sp³-hybridized carbons (Fsp3) is 0.455. The fourth-order valence-corrected chi connectivity index (χ4v) is 1.05. The fourth-order valence-electron chi connectivity index (χ4n) is 1.05. The summed E-state index contributed by atoms with van der Waals surface area (Å²) in [7, 11) is 0. The van der Waals surface area contributed by atoms with Crippen LogP contribution in [0.2, 0.25) is 0 Å². The van der Waals surface area contributed by atoms with Crippen LogP contribution in [0.1, 0.15) is 19.4 Å². The molecular formula is C11H18N2O. The van der Waals surface area contributed by atoms with Crippen LogP contribution in [0.5, 0.6) is 0 Å². The van der Waals surface area contributed by atoms with Crippen LogP contribution < -0.4 is 11.2 Å². The van der Waals surface area contributed by atoms with E-state index in [0.717, 1.165) is 11.3 Å². The van der Waals surface area contributed by atoms with Gasteiger partial charge in [0.15, 0.2) is 0 Å². The summed E-state index contributed by atoms with van der Waals surface area (Å²) in [6.45, 7) is 5.59. The minimum Gasteiger partial charge on any atom is -0.398 e. The molecule has 0 unspecified atom stereocenters. The van der Waals surface area contributed by atoms with Crippen molar-refractivity contribution in [1.29, 1.82) is 0 Å². The summed E-state index contributed by atoms with van der Waals surface area (Å²) in [5, 5.41) is 0. The summed E-state index contributed by atoms with van der Waals surface area (Å²) in [6.07, 6.45) is 0. The predicted octanol–water partition coefficient (Wildman–Crippen LogP) is 1.95. The average molecular weight is 194 g/mol. The first-order valence-electron chi connectivity index (χ1n) is 4.88. The smallest absolute Gasteiger partial charge is 0.0705 e. The normalized spacial score (nSPS) is 10.8. The molecule has 0 saturated carbocycles. The molecular weight excluding hydrogens is 176 g/mol. The SMILES string of the molecule is CC(C)CONCc1ccccc1N. The maximum absolute atomic E-state index is 5.77. The molecule has 0 aromatic heterocycles. The van der Waals surface area contributed by atoms with Crippen LogP contribution in [0, 0.1) is 5.92 Å². The lowest BCUT2D eigenvalue weighted by molar-refractivity contribution is 0.0197. The summed E-state index contributed by atoms with van der Waals surface area (Å²) < 4.78 is 0. The van der Waals surface area contributed by atoms with Gasteiger partial charge in [-0.2, -0.15) is 5.48 Å². The minimum atomic E-state index is 0.538. The van der Waals surface area contributed by atoms with Crippen molar-refractivity contribution in [3.63, 3.8) is 0 Å². The highest BCUT2D eigenvalue weighted by atomic mass is 16.6. The number of nitrogens with two attached hydrogens (primary N) is 1. The number of rotatable bonds is 5. The van der Waals surface area contributed by atoms with E-state index in [2.05, 4.69) is 19.3 Å². The van der Waals surface area contributed by atoms with Gasteiger partial charge in [0.05, 0.1) is 6.61 Å². The van der Waals surface area contributed by atoms with Gasteiger partial charge in [0.2, 0.25) is 0 Å². The van der Waals surface area contributed by atoms with Crippen LogP contribution >= 0.6 is 0 Å². The van der Waals surface area contributed by atoms with Crippen molar-refractivity contribution in [2.75, 3.05) is 12.3 Å². The van der Waals surface area contributed by atoms with E-state index in [0.29, 0.717) is 19.1 Å². The van der Waals surface area contributed by atoms with E-state index in [-0.39, 0.29) is 0 Å². The van der Waals surface area contributed by atoms with Crippen molar-refractivity contribution in [2.45, 2.75) is 20.4 Å². The summed E-state index contributed by atoms with van der Waals surface area (Å²) in [5.41, 5.74) is 10.5.